The van der Waals surface area contributed by atoms with Crippen molar-refractivity contribution in [3.05, 3.63) is 108 Å². The van der Waals surface area contributed by atoms with E-state index >= 15 is 0 Å². The fraction of sp³-hybridized carbons (Fsp3) is 0.0870. The topological polar surface area (TPSA) is 15.6 Å². The molecule has 3 aromatic rings. The summed E-state index contributed by atoms with van der Waals surface area (Å²) in [5, 5.41) is 6.79. The Balaban J connectivity index is 1.65. The van der Waals surface area contributed by atoms with Gasteiger partial charge in [-0.05, 0) is 41.5 Å². The van der Waals surface area contributed by atoms with Crippen molar-refractivity contribution in [2.24, 2.45) is 5.10 Å². The van der Waals surface area contributed by atoms with Crippen molar-refractivity contribution in [1.82, 2.24) is 0 Å². The van der Waals surface area contributed by atoms with Gasteiger partial charge in [-0.2, -0.15) is 5.10 Å². The molecule has 1 unspecified atom stereocenters. The van der Waals surface area contributed by atoms with Crippen molar-refractivity contribution in [1.29, 1.82) is 0 Å². The molecule has 0 spiro atoms. The van der Waals surface area contributed by atoms with Crippen molar-refractivity contribution in [3.8, 4) is 0 Å². The molecule has 0 saturated carbocycles. The molecule has 1 atom stereocenters. The number of allylic oxidation sites excluding steroid dienone is 1. The lowest BCUT2D eigenvalue weighted by molar-refractivity contribution is 0.626. The first-order chi connectivity index (χ1) is 12.8. The number of hydrogen-bond acceptors (Lipinski definition) is 2. The molecular weight excluding hydrogens is 323 g/mol. The summed E-state index contributed by atoms with van der Waals surface area (Å²) >= 11 is 0. The number of anilines is 1. The highest BCUT2D eigenvalue weighted by atomic mass is 19.1. The summed E-state index contributed by atoms with van der Waals surface area (Å²) in [4.78, 5) is 0. The zero-order chi connectivity index (χ0) is 17.8. The van der Waals surface area contributed by atoms with Crippen LogP contribution < -0.4 is 5.01 Å². The smallest absolute Gasteiger partial charge is 0.123 e. The van der Waals surface area contributed by atoms with Crippen LogP contribution >= 0.6 is 0 Å². The third-order valence-corrected chi connectivity index (χ3v) is 4.48. The van der Waals surface area contributed by atoms with Crippen LogP contribution in [0.2, 0.25) is 0 Å². The van der Waals surface area contributed by atoms with Crippen molar-refractivity contribution in [3.63, 3.8) is 0 Å². The van der Waals surface area contributed by atoms with Gasteiger partial charge in [0.2, 0.25) is 0 Å². The molecule has 0 aromatic heterocycles. The van der Waals surface area contributed by atoms with Gasteiger partial charge in [-0.25, -0.2) is 4.39 Å². The molecule has 0 aliphatic carbocycles. The van der Waals surface area contributed by atoms with E-state index in [9.17, 15) is 4.39 Å². The molecule has 3 aromatic carbocycles. The van der Waals surface area contributed by atoms with Crippen LogP contribution in [0.5, 0.6) is 0 Å². The van der Waals surface area contributed by atoms with E-state index in [1.807, 2.05) is 41.4 Å². The Labute approximate surface area is 152 Å². The zero-order valence-corrected chi connectivity index (χ0v) is 14.3. The molecule has 0 saturated heterocycles. The molecule has 0 fully saturated rings. The largest absolute Gasteiger partial charge is 0.257 e. The van der Waals surface area contributed by atoms with Crippen LogP contribution in [-0.4, -0.2) is 5.71 Å². The van der Waals surface area contributed by atoms with Gasteiger partial charge >= 0.3 is 0 Å². The second kappa shape index (κ2) is 7.36. The van der Waals surface area contributed by atoms with Crippen molar-refractivity contribution in [2.45, 2.75) is 12.5 Å². The summed E-state index contributed by atoms with van der Waals surface area (Å²) in [6, 6.07) is 27.1. The predicted molar refractivity (Wildman–Crippen MR) is 106 cm³/mol. The van der Waals surface area contributed by atoms with E-state index in [1.54, 1.807) is 12.1 Å². The Morgan fingerprint density at radius 2 is 1.46 bits per heavy atom. The molecule has 0 N–H and O–H groups in total. The Bertz CT molecular complexity index is 915. The third kappa shape index (κ3) is 3.57. The standard InChI is InChI=1S/C23H19FN2/c24-20-12-15-22(16-13-20)26-23(19-9-5-2-6-10-19)17-21(25-26)14-11-18-7-3-1-4-8-18/h1-16,23H,17H2. The van der Waals surface area contributed by atoms with Gasteiger partial charge < -0.3 is 0 Å². The first-order valence-corrected chi connectivity index (χ1v) is 8.70. The van der Waals surface area contributed by atoms with E-state index in [0.717, 1.165) is 23.4 Å². The van der Waals surface area contributed by atoms with Gasteiger partial charge in [0, 0.05) is 6.42 Å². The minimum absolute atomic E-state index is 0.108. The first kappa shape index (κ1) is 16.3. The fourth-order valence-corrected chi connectivity index (χ4v) is 3.16. The number of nitrogens with zero attached hydrogens (tertiary/aromatic N) is 2. The second-order valence-corrected chi connectivity index (χ2v) is 6.29. The molecule has 2 nitrogen and oxygen atoms in total. The van der Waals surface area contributed by atoms with Gasteiger partial charge in [0.05, 0.1) is 17.4 Å². The summed E-state index contributed by atoms with van der Waals surface area (Å²) < 4.78 is 13.3. The summed E-state index contributed by atoms with van der Waals surface area (Å²) in [5.41, 5.74) is 4.24. The SMILES string of the molecule is Fc1ccc(N2N=C(C=Cc3ccccc3)CC2c2ccccc2)cc1. The van der Waals surface area contributed by atoms with E-state index < -0.39 is 0 Å². The van der Waals surface area contributed by atoms with Crippen molar-refractivity contribution in [2.75, 3.05) is 5.01 Å². The van der Waals surface area contributed by atoms with Crippen LogP contribution in [0.1, 0.15) is 23.6 Å². The lowest BCUT2D eigenvalue weighted by atomic mass is 10.0. The molecule has 3 heteroatoms. The Kier molecular flexibility index (Phi) is 4.61. The molecule has 1 aliphatic heterocycles. The molecule has 1 aliphatic rings. The number of benzene rings is 3. The molecular formula is C23H19FN2. The van der Waals surface area contributed by atoms with Gasteiger partial charge in [-0.3, -0.25) is 5.01 Å². The lowest BCUT2D eigenvalue weighted by Crippen LogP contribution is -2.18. The minimum Gasteiger partial charge on any atom is -0.257 e. The summed E-state index contributed by atoms with van der Waals surface area (Å²) in [6.45, 7) is 0. The van der Waals surface area contributed by atoms with Crippen LogP contribution in [-0.2, 0) is 0 Å². The van der Waals surface area contributed by atoms with Gasteiger partial charge in [0.25, 0.3) is 0 Å². The minimum atomic E-state index is -0.239. The number of hydrazone groups is 1. The first-order valence-electron chi connectivity index (χ1n) is 8.70. The maximum absolute atomic E-state index is 13.3. The normalized spacial score (nSPS) is 16.9. The Hall–Kier alpha value is -3.20. The highest BCUT2D eigenvalue weighted by Crippen LogP contribution is 2.35. The van der Waals surface area contributed by atoms with Crippen LogP contribution in [0.4, 0.5) is 10.1 Å². The Morgan fingerprint density at radius 3 is 2.15 bits per heavy atom. The molecule has 0 bridgehead atoms. The van der Waals surface area contributed by atoms with E-state index in [-0.39, 0.29) is 11.9 Å². The summed E-state index contributed by atoms with van der Waals surface area (Å²) in [6.07, 6.45) is 4.95. The van der Waals surface area contributed by atoms with E-state index in [0.29, 0.717) is 0 Å². The zero-order valence-electron chi connectivity index (χ0n) is 14.3. The molecule has 26 heavy (non-hydrogen) atoms. The quantitative estimate of drug-likeness (QED) is 0.581. The summed E-state index contributed by atoms with van der Waals surface area (Å²) in [5.74, 6) is -0.239. The highest BCUT2D eigenvalue weighted by molar-refractivity contribution is 6.01. The van der Waals surface area contributed by atoms with Gasteiger partial charge in [0.1, 0.15) is 5.82 Å². The monoisotopic (exact) mass is 342 g/mol. The highest BCUT2D eigenvalue weighted by Gasteiger charge is 2.28. The molecule has 4 rings (SSSR count). The molecule has 0 amide bonds. The lowest BCUT2D eigenvalue weighted by Gasteiger charge is -2.24. The molecule has 1 heterocycles. The average molecular weight is 342 g/mol. The van der Waals surface area contributed by atoms with Gasteiger partial charge in [-0.15, -0.1) is 0 Å². The number of rotatable bonds is 4. The fourth-order valence-electron chi connectivity index (χ4n) is 3.16. The second-order valence-electron chi connectivity index (χ2n) is 6.29. The van der Waals surface area contributed by atoms with Crippen LogP contribution in [0.25, 0.3) is 6.08 Å². The number of hydrogen-bond donors (Lipinski definition) is 0. The molecule has 128 valence electrons. The Morgan fingerprint density at radius 1 is 0.808 bits per heavy atom. The average Bonchev–Trinajstić information content (AvgIpc) is 3.13. The van der Waals surface area contributed by atoms with E-state index in [1.165, 1.54) is 17.7 Å². The number of halogens is 1. The van der Waals surface area contributed by atoms with E-state index in [4.69, 9.17) is 5.10 Å². The maximum atomic E-state index is 13.3. The van der Waals surface area contributed by atoms with Crippen molar-refractivity contribution >= 4 is 17.5 Å². The summed E-state index contributed by atoms with van der Waals surface area (Å²) in [7, 11) is 0. The van der Waals surface area contributed by atoms with Crippen LogP contribution in [0.3, 0.4) is 0 Å². The van der Waals surface area contributed by atoms with Crippen LogP contribution in [0, 0.1) is 5.82 Å². The van der Waals surface area contributed by atoms with E-state index in [2.05, 4.69) is 36.4 Å². The van der Waals surface area contributed by atoms with Gasteiger partial charge in [0.15, 0.2) is 0 Å². The van der Waals surface area contributed by atoms with Gasteiger partial charge in [-0.1, -0.05) is 66.7 Å². The predicted octanol–water partition coefficient (Wildman–Crippen LogP) is 5.85. The molecule has 0 radical (unpaired) electrons. The third-order valence-electron chi connectivity index (χ3n) is 4.48. The van der Waals surface area contributed by atoms with Crippen LogP contribution in [0.15, 0.2) is 96.1 Å². The van der Waals surface area contributed by atoms with Crippen molar-refractivity contribution < 1.29 is 4.39 Å². The maximum Gasteiger partial charge on any atom is 0.123 e.